The maximum atomic E-state index is 11.4. The monoisotopic (exact) mass is 445 g/mol. The zero-order valence-corrected chi connectivity index (χ0v) is 20.3. The molecule has 31 heavy (non-hydrogen) atoms. The molecule has 186 valence electrons. The van der Waals surface area contributed by atoms with Gasteiger partial charge >= 0.3 is 6.09 Å². The van der Waals surface area contributed by atoms with Gasteiger partial charge in [-0.25, -0.2) is 4.79 Å². The Hall–Kier alpha value is -0.850. The maximum Gasteiger partial charge on any atom is 0.407 e. The summed E-state index contributed by atoms with van der Waals surface area (Å²) in [6.45, 7) is 3.14. The van der Waals surface area contributed by atoms with Crippen molar-refractivity contribution in [2.45, 2.75) is 122 Å². The van der Waals surface area contributed by atoms with E-state index in [0.29, 0.717) is 19.6 Å². The second-order valence-electron chi connectivity index (χ2n) is 8.58. The van der Waals surface area contributed by atoms with Crippen molar-refractivity contribution in [1.82, 2.24) is 5.32 Å². The van der Waals surface area contributed by atoms with Gasteiger partial charge in [0.25, 0.3) is 0 Å². The Bertz CT molecular complexity index is 368. The van der Waals surface area contributed by atoms with Crippen LogP contribution in [0.3, 0.4) is 0 Å². The molecular formula is C25H51NO5. The molecular weight excluding hydrogens is 394 g/mol. The van der Waals surface area contributed by atoms with Crippen LogP contribution in [0.25, 0.3) is 0 Å². The Balaban J connectivity index is 3.31. The number of amides is 1. The highest BCUT2D eigenvalue weighted by atomic mass is 16.6. The highest BCUT2D eigenvalue weighted by molar-refractivity contribution is 5.67. The molecule has 0 saturated carbocycles. The number of rotatable bonds is 24. The molecule has 1 atom stereocenters. The normalized spacial score (nSPS) is 12.1. The number of hydrogen-bond acceptors (Lipinski definition) is 5. The predicted molar refractivity (Wildman–Crippen MR) is 127 cm³/mol. The van der Waals surface area contributed by atoms with Gasteiger partial charge in [-0.1, -0.05) is 103 Å². The van der Waals surface area contributed by atoms with Crippen LogP contribution in [0.5, 0.6) is 0 Å². The number of unbranched alkanes of at least 4 members (excludes halogenated alkanes) is 15. The van der Waals surface area contributed by atoms with Gasteiger partial charge in [-0.2, -0.15) is 0 Å². The SMILES string of the molecule is CCCCCCCCCCCCCCCCCCO[C@H](CO)COC(=O)NCCCO. The van der Waals surface area contributed by atoms with E-state index in [1.54, 1.807) is 0 Å². The van der Waals surface area contributed by atoms with Crippen LogP contribution in [0.1, 0.15) is 116 Å². The smallest absolute Gasteiger partial charge is 0.407 e. The van der Waals surface area contributed by atoms with Crippen molar-refractivity contribution in [3.8, 4) is 0 Å². The van der Waals surface area contributed by atoms with E-state index in [-0.39, 0.29) is 19.8 Å². The molecule has 0 radical (unpaired) electrons. The molecule has 0 spiro atoms. The molecule has 0 aromatic rings. The van der Waals surface area contributed by atoms with E-state index in [2.05, 4.69) is 12.2 Å². The van der Waals surface area contributed by atoms with Crippen LogP contribution in [-0.4, -0.2) is 55.4 Å². The van der Waals surface area contributed by atoms with Gasteiger partial charge in [0, 0.05) is 19.8 Å². The number of carbonyl (C=O) groups is 1. The third-order valence-corrected chi connectivity index (χ3v) is 5.56. The molecule has 1 amide bonds. The lowest BCUT2D eigenvalue weighted by Crippen LogP contribution is -2.31. The van der Waals surface area contributed by atoms with Crippen LogP contribution < -0.4 is 5.32 Å². The largest absolute Gasteiger partial charge is 0.447 e. The summed E-state index contributed by atoms with van der Waals surface area (Å²) in [5, 5.41) is 20.5. The minimum absolute atomic E-state index is 0.0297. The molecule has 0 aliphatic rings. The molecule has 3 N–H and O–H groups in total. The molecule has 0 rings (SSSR count). The first kappa shape index (κ1) is 30.1. The first-order valence-electron chi connectivity index (χ1n) is 13.0. The summed E-state index contributed by atoms with van der Waals surface area (Å²) in [4.78, 5) is 11.4. The highest BCUT2D eigenvalue weighted by Gasteiger charge is 2.11. The van der Waals surface area contributed by atoms with E-state index in [0.717, 1.165) is 12.8 Å². The third-order valence-electron chi connectivity index (χ3n) is 5.56. The highest BCUT2D eigenvalue weighted by Crippen LogP contribution is 2.13. The number of carbonyl (C=O) groups excluding carboxylic acids is 1. The van der Waals surface area contributed by atoms with Crippen molar-refractivity contribution in [1.29, 1.82) is 0 Å². The lowest BCUT2D eigenvalue weighted by Gasteiger charge is -2.15. The topological polar surface area (TPSA) is 88.0 Å². The summed E-state index contributed by atoms with van der Waals surface area (Å²) in [6.07, 6.45) is 20.8. The molecule has 0 unspecified atom stereocenters. The van der Waals surface area contributed by atoms with Gasteiger partial charge in [-0.05, 0) is 12.8 Å². The van der Waals surface area contributed by atoms with E-state index < -0.39 is 12.2 Å². The molecule has 0 aromatic heterocycles. The fraction of sp³-hybridized carbons (Fsp3) is 0.960. The van der Waals surface area contributed by atoms with Crippen molar-refractivity contribution in [3.63, 3.8) is 0 Å². The van der Waals surface area contributed by atoms with Crippen LogP contribution in [0.15, 0.2) is 0 Å². The molecule has 6 nitrogen and oxygen atoms in total. The zero-order chi connectivity index (χ0) is 22.8. The molecule has 0 aliphatic heterocycles. The number of aliphatic hydroxyl groups is 2. The fourth-order valence-corrected chi connectivity index (χ4v) is 3.54. The van der Waals surface area contributed by atoms with Gasteiger partial charge in [0.15, 0.2) is 0 Å². The molecule has 0 heterocycles. The lowest BCUT2D eigenvalue weighted by atomic mass is 10.0. The van der Waals surface area contributed by atoms with E-state index in [1.165, 1.54) is 89.9 Å². The van der Waals surface area contributed by atoms with Crippen LogP contribution in [0.4, 0.5) is 4.79 Å². The minimum Gasteiger partial charge on any atom is -0.447 e. The molecule has 0 aromatic carbocycles. The van der Waals surface area contributed by atoms with Crippen LogP contribution >= 0.6 is 0 Å². The molecule has 6 heteroatoms. The van der Waals surface area contributed by atoms with E-state index in [1.807, 2.05) is 0 Å². The average molecular weight is 446 g/mol. The van der Waals surface area contributed by atoms with Gasteiger partial charge in [0.2, 0.25) is 0 Å². The number of nitrogens with one attached hydrogen (secondary N) is 1. The van der Waals surface area contributed by atoms with E-state index in [4.69, 9.17) is 14.6 Å². The Kier molecular flexibility index (Phi) is 24.7. The predicted octanol–water partition coefficient (Wildman–Crippen LogP) is 5.73. The second kappa shape index (κ2) is 25.4. The van der Waals surface area contributed by atoms with Crippen LogP contribution in [-0.2, 0) is 9.47 Å². The second-order valence-corrected chi connectivity index (χ2v) is 8.58. The average Bonchev–Trinajstić information content (AvgIpc) is 2.78. The van der Waals surface area contributed by atoms with Crippen molar-refractivity contribution in [3.05, 3.63) is 0 Å². The maximum absolute atomic E-state index is 11.4. The Labute approximate surface area is 191 Å². The molecule has 0 fully saturated rings. The van der Waals surface area contributed by atoms with E-state index in [9.17, 15) is 9.90 Å². The summed E-state index contributed by atoms with van der Waals surface area (Å²) in [6, 6.07) is 0. The standard InChI is InChI=1S/C25H51NO5/c1-2-3-4-5-6-7-8-9-10-11-12-13-14-15-16-17-21-30-24(22-28)23-31-25(29)26-19-18-20-27/h24,27-28H,2-23H2,1H3,(H,26,29)/t24-/m1/s1. The summed E-state index contributed by atoms with van der Waals surface area (Å²) >= 11 is 0. The zero-order valence-electron chi connectivity index (χ0n) is 20.3. The van der Waals surface area contributed by atoms with Crippen molar-refractivity contribution < 1.29 is 24.5 Å². The number of alkyl carbamates (subject to hydrolysis) is 1. The van der Waals surface area contributed by atoms with Crippen molar-refractivity contribution >= 4 is 6.09 Å². The Morgan fingerprint density at radius 3 is 1.68 bits per heavy atom. The fourth-order valence-electron chi connectivity index (χ4n) is 3.54. The summed E-state index contributed by atoms with van der Waals surface area (Å²) in [5.74, 6) is 0. The van der Waals surface area contributed by atoms with Crippen molar-refractivity contribution in [2.75, 3.05) is 33.0 Å². The minimum atomic E-state index is -0.544. The summed E-state index contributed by atoms with van der Waals surface area (Å²) in [7, 11) is 0. The van der Waals surface area contributed by atoms with Gasteiger partial charge in [0.1, 0.15) is 12.7 Å². The van der Waals surface area contributed by atoms with Gasteiger partial charge in [-0.3, -0.25) is 0 Å². The van der Waals surface area contributed by atoms with Gasteiger partial charge < -0.3 is 25.0 Å². The number of ether oxygens (including phenoxy) is 2. The Morgan fingerprint density at radius 2 is 1.23 bits per heavy atom. The van der Waals surface area contributed by atoms with Crippen molar-refractivity contribution in [2.24, 2.45) is 0 Å². The molecule has 0 saturated heterocycles. The van der Waals surface area contributed by atoms with Gasteiger partial charge in [-0.15, -0.1) is 0 Å². The Morgan fingerprint density at radius 1 is 0.742 bits per heavy atom. The van der Waals surface area contributed by atoms with Crippen LogP contribution in [0, 0.1) is 0 Å². The van der Waals surface area contributed by atoms with Gasteiger partial charge in [0.05, 0.1) is 6.61 Å². The third kappa shape index (κ3) is 23.6. The molecule has 0 bridgehead atoms. The number of aliphatic hydroxyl groups excluding tert-OH is 2. The van der Waals surface area contributed by atoms with E-state index >= 15 is 0 Å². The number of hydrogen-bond donors (Lipinski definition) is 3. The summed E-state index contributed by atoms with van der Waals surface area (Å²) < 4.78 is 10.6. The first-order valence-corrected chi connectivity index (χ1v) is 13.0. The lowest BCUT2D eigenvalue weighted by molar-refractivity contribution is -0.0255. The molecule has 0 aliphatic carbocycles. The summed E-state index contributed by atoms with van der Waals surface area (Å²) in [5.41, 5.74) is 0. The first-order chi connectivity index (χ1) is 15.2. The quantitative estimate of drug-likeness (QED) is 0.165. The van der Waals surface area contributed by atoms with Crippen LogP contribution in [0.2, 0.25) is 0 Å².